The fraction of sp³-hybridized carbons (Fsp3) is 0.0400. The molecule has 1 aromatic heterocycles. The SMILES string of the molecule is N#Cc1cc(-c2ccccc2)c[nH+]c1NC(c1ccccc1)c1ccccc1. The molecule has 0 saturated heterocycles. The lowest BCUT2D eigenvalue weighted by molar-refractivity contribution is -0.360. The van der Waals surface area contributed by atoms with Gasteiger partial charge in [0, 0.05) is 16.7 Å². The molecule has 134 valence electrons. The van der Waals surface area contributed by atoms with Crippen LogP contribution in [0.2, 0.25) is 0 Å². The Balaban J connectivity index is 1.72. The molecule has 0 spiro atoms. The fourth-order valence-corrected chi connectivity index (χ4v) is 3.30. The zero-order valence-corrected chi connectivity index (χ0v) is 15.3. The van der Waals surface area contributed by atoms with Crippen LogP contribution in [0.15, 0.2) is 103 Å². The molecule has 28 heavy (non-hydrogen) atoms. The first-order chi connectivity index (χ1) is 13.8. The van der Waals surface area contributed by atoms with Gasteiger partial charge < -0.3 is 0 Å². The summed E-state index contributed by atoms with van der Waals surface area (Å²) in [6.07, 6.45) is 1.94. The number of nitrogens with zero attached hydrogens (tertiary/aromatic N) is 1. The average molecular weight is 362 g/mol. The molecule has 0 amide bonds. The van der Waals surface area contributed by atoms with Crippen LogP contribution in [0, 0.1) is 11.3 Å². The molecule has 0 atom stereocenters. The highest BCUT2D eigenvalue weighted by atomic mass is 15.0. The number of nitriles is 1. The van der Waals surface area contributed by atoms with E-state index >= 15 is 0 Å². The molecule has 0 unspecified atom stereocenters. The number of aromatic amines is 1. The van der Waals surface area contributed by atoms with Gasteiger partial charge in [-0.25, -0.2) is 4.98 Å². The maximum Gasteiger partial charge on any atom is 0.291 e. The van der Waals surface area contributed by atoms with Crippen LogP contribution in [0.25, 0.3) is 11.1 Å². The summed E-state index contributed by atoms with van der Waals surface area (Å²) in [7, 11) is 0. The van der Waals surface area contributed by atoms with Crippen LogP contribution in [0.4, 0.5) is 5.82 Å². The lowest BCUT2D eigenvalue weighted by Crippen LogP contribution is -2.20. The third kappa shape index (κ3) is 3.77. The summed E-state index contributed by atoms with van der Waals surface area (Å²) in [5, 5.41) is 13.3. The monoisotopic (exact) mass is 362 g/mol. The van der Waals surface area contributed by atoms with Gasteiger partial charge >= 0.3 is 0 Å². The maximum absolute atomic E-state index is 9.73. The summed E-state index contributed by atoms with van der Waals surface area (Å²) in [4.78, 5) is 3.29. The number of nitrogens with one attached hydrogen (secondary N) is 2. The first-order valence-corrected chi connectivity index (χ1v) is 9.23. The Morgan fingerprint density at radius 2 is 1.25 bits per heavy atom. The van der Waals surface area contributed by atoms with E-state index in [0.717, 1.165) is 22.3 Å². The molecule has 0 bridgehead atoms. The van der Waals surface area contributed by atoms with E-state index in [1.807, 2.05) is 79.0 Å². The highest BCUT2D eigenvalue weighted by Crippen LogP contribution is 2.27. The Morgan fingerprint density at radius 3 is 1.79 bits per heavy atom. The molecule has 0 radical (unpaired) electrons. The first kappa shape index (κ1) is 17.5. The topological polar surface area (TPSA) is 50.0 Å². The third-order valence-electron chi connectivity index (χ3n) is 4.72. The summed E-state index contributed by atoms with van der Waals surface area (Å²) < 4.78 is 0. The van der Waals surface area contributed by atoms with E-state index in [1.54, 1.807) is 0 Å². The van der Waals surface area contributed by atoms with Crippen molar-refractivity contribution in [2.24, 2.45) is 0 Å². The molecule has 0 fully saturated rings. The summed E-state index contributed by atoms with van der Waals surface area (Å²) in [6.45, 7) is 0. The summed E-state index contributed by atoms with van der Waals surface area (Å²) in [6, 6.07) is 34.7. The molecule has 3 aromatic carbocycles. The molecular weight excluding hydrogens is 342 g/mol. The van der Waals surface area contributed by atoms with Gasteiger partial charge in [0.1, 0.15) is 17.7 Å². The second-order valence-corrected chi connectivity index (χ2v) is 6.55. The third-order valence-corrected chi connectivity index (χ3v) is 4.72. The summed E-state index contributed by atoms with van der Waals surface area (Å²) >= 11 is 0. The lowest BCUT2D eigenvalue weighted by atomic mass is 9.98. The van der Waals surface area contributed by atoms with E-state index < -0.39 is 0 Å². The highest BCUT2D eigenvalue weighted by Gasteiger charge is 2.22. The number of benzene rings is 3. The minimum absolute atomic E-state index is 0.0617. The van der Waals surface area contributed by atoms with Crippen molar-refractivity contribution in [3.05, 3.63) is 120 Å². The van der Waals surface area contributed by atoms with E-state index in [1.165, 1.54) is 0 Å². The minimum atomic E-state index is -0.0617. The molecule has 3 nitrogen and oxygen atoms in total. The molecule has 0 aliphatic heterocycles. The molecule has 4 aromatic rings. The Bertz CT molecular complexity index is 1050. The van der Waals surface area contributed by atoms with Crippen molar-refractivity contribution in [3.63, 3.8) is 0 Å². The van der Waals surface area contributed by atoms with Crippen molar-refractivity contribution in [2.45, 2.75) is 6.04 Å². The number of rotatable bonds is 5. The zero-order valence-electron chi connectivity index (χ0n) is 15.3. The van der Waals surface area contributed by atoms with Crippen molar-refractivity contribution in [2.75, 3.05) is 5.32 Å². The predicted octanol–water partition coefficient (Wildman–Crippen LogP) is 5.24. The Morgan fingerprint density at radius 1 is 0.714 bits per heavy atom. The van der Waals surface area contributed by atoms with Crippen LogP contribution < -0.4 is 10.3 Å². The van der Waals surface area contributed by atoms with Crippen molar-refractivity contribution in [3.8, 4) is 17.2 Å². The van der Waals surface area contributed by atoms with Gasteiger partial charge in [-0.05, 0) is 11.6 Å². The van der Waals surface area contributed by atoms with Crippen LogP contribution in [0.3, 0.4) is 0 Å². The number of aromatic nitrogens is 1. The van der Waals surface area contributed by atoms with Gasteiger partial charge in [0.25, 0.3) is 5.82 Å². The first-order valence-electron chi connectivity index (χ1n) is 9.23. The number of pyridine rings is 1. The fourth-order valence-electron chi connectivity index (χ4n) is 3.30. The van der Waals surface area contributed by atoms with E-state index in [4.69, 9.17) is 0 Å². The minimum Gasteiger partial charge on any atom is -0.262 e. The molecule has 0 aliphatic rings. The van der Waals surface area contributed by atoms with Crippen molar-refractivity contribution in [1.82, 2.24) is 0 Å². The van der Waals surface area contributed by atoms with Gasteiger partial charge in [0.05, 0.1) is 6.20 Å². The van der Waals surface area contributed by atoms with Crippen LogP contribution >= 0.6 is 0 Å². The van der Waals surface area contributed by atoms with E-state index in [2.05, 4.69) is 40.6 Å². The quantitative estimate of drug-likeness (QED) is 0.528. The number of H-pyrrole nitrogens is 1. The molecule has 4 rings (SSSR count). The normalized spacial score (nSPS) is 10.4. The summed E-state index contributed by atoms with van der Waals surface area (Å²) in [5.41, 5.74) is 4.91. The largest absolute Gasteiger partial charge is 0.291 e. The van der Waals surface area contributed by atoms with Crippen molar-refractivity contribution >= 4 is 5.82 Å². The number of hydrogen-bond donors (Lipinski definition) is 1. The maximum atomic E-state index is 9.73. The van der Waals surface area contributed by atoms with Gasteiger partial charge in [-0.2, -0.15) is 5.26 Å². The van der Waals surface area contributed by atoms with Crippen LogP contribution in [0.5, 0.6) is 0 Å². The van der Waals surface area contributed by atoms with Crippen LogP contribution in [0.1, 0.15) is 22.7 Å². The Kier molecular flexibility index (Phi) is 5.13. The van der Waals surface area contributed by atoms with Gasteiger partial charge in [0.2, 0.25) is 0 Å². The van der Waals surface area contributed by atoms with Crippen molar-refractivity contribution in [1.29, 1.82) is 5.26 Å². The average Bonchev–Trinajstić information content (AvgIpc) is 2.79. The van der Waals surface area contributed by atoms with Gasteiger partial charge in [0.15, 0.2) is 0 Å². The molecular formula is C25H20N3+. The highest BCUT2D eigenvalue weighted by molar-refractivity contribution is 5.66. The van der Waals surface area contributed by atoms with E-state index in [9.17, 15) is 5.26 Å². The summed E-state index contributed by atoms with van der Waals surface area (Å²) in [5.74, 6) is 0.708. The molecule has 3 heteroatoms. The smallest absolute Gasteiger partial charge is 0.262 e. The van der Waals surface area contributed by atoms with Crippen LogP contribution in [-0.2, 0) is 0 Å². The Labute approximate surface area is 164 Å². The number of hydrogen-bond acceptors (Lipinski definition) is 2. The Hall–Kier alpha value is -3.90. The lowest BCUT2D eigenvalue weighted by Gasteiger charge is -2.16. The van der Waals surface area contributed by atoms with Crippen molar-refractivity contribution < 1.29 is 4.98 Å². The molecule has 2 N–H and O–H groups in total. The van der Waals surface area contributed by atoms with Gasteiger partial charge in [-0.1, -0.05) is 91.0 Å². The predicted molar refractivity (Wildman–Crippen MR) is 111 cm³/mol. The molecule has 1 heterocycles. The van der Waals surface area contributed by atoms with Crippen LogP contribution in [-0.4, -0.2) is 0 Å². The van der Waals surface area contributed by atoms with E-state index in [0.29, 0.717) is 11.4 Å². The standard InChI is InChI=1S/C25H19N3/c26-17-22-16-23(19-10-4-1-5-11-19)18-27-25(22)28-24(20-12-6-2-7-13-20)21-14-8-3-9-15-21/h1-16,18,24H,(H,27,28)/p+1. The molecule has 0 aliphatic carbocycles. The van der Waals surface area contributed by atoms with Gasteiger partial charge in [-0.3, -0.25) is 5.32 Å². The number of anilines is 1. The molecule has 0 saturated carbocycles. The second-order valence-electron chi connectivity index (χ2n) is 6.55. The zero-order chi connectivity index (χ0) is 19.2. The second kappa shape index (κ2) is 8.20. The van der Waals surface area contributed by atoms with Gasteiger partial charge in [-0.15, -0.1) is 0 Å². The van der Waals surface area contributed by atoms with E-state index in [-0.39, 0.29) is 6.04 Å².